The van der Waals surface area contributed by atoms with Crippen molar-refractivity contribution in [1.82, 2.24) is 0 Å². The topological polar surface area (TPSA) is 122 Å². The Morgan fingerprint density at radius 3 is 2.08 bits per heavy atom. The lowest BCUT2D eigenvalue weighted by Crippen LogP contribution is -2.52. The Kier molecular flexibility index (Phi) is 6.34. The summed E-state index contributed by atoms with van der Waals surface area (Å²) < 4.78 is 15.1. The van der Waals surface area contributed by atoms with E-state index < -0.39 is 25.9 Å². The summed E-state index contributed by atoms with van der Waals surface area (Å²) in [6, 6.07) is 15.5. The molecule has 8 heteroatoms. The van der Waals surface area contributed by atoms with Gasteiger partial charge in [0, 0.05) is 5.69 Å². The van der Waals surface area contributed by atoms with Gasteiger partial charge in [-0.15, -0.1) is 0 Å². The second-order valence-corrected chi connectivity index (χ2v) is 7.50. The monoisotopic (exact) mass is 378 g/mol. The molecule has 0 heterocycles. The first-order chi connectivity index (χ1) is 12.1. The minimum atomic E-state index is -4.69. The van der Waals surface area contributed by atoms with Gasteiger partial charge in [-0.1, -0.05) is 43.3 Å². The number of phosphoric acid groups is 1. The van der Waals surface area contributed by atoms with Gasteiger partial charge in [-0.05, 0) is 42.2 Å². The summed E-state index contributed by atoms with van der Waals surface area (Å²) in [5.41, 5.74) is 8.06. The average molecular weight is 378 g/mol. The molecule has 1 atom stereocenters. The molecule has 0 aliphatic rings. The van der Waals surface area contributed by atoms with Gasteiger partial charge >= 0.3 is 7.82 Å². The van der Waals surface area contributed by atoms with Gasteiger partial charge in [-0.25, -0.2) is 4.57 Å². The highest BCUT2D eigenvalue weighted by atomic mass is 31.2. The van der Waals surface area contributed by atoms with Crippen molar-refractivity contribution in [2.45, 2.75) is 25.8 Å². The van der Waals surface area contributed by atoms with Crippen LogP contribution < -0.4 is 11.1 Å². The molecule has 1 amide bonds. The third-order valence-corrected chi connectivity index (χ3v) is 4.36. The maximum absolute atomic E-state index is 12.2. The summed E-state index contributed by atoms with van der Waals surface area (Å²) in [7, 11) is -4.69. The van der Waals surface area contributed by atoms with Crippen LogP contribution in [0.4, 0.5) is 5.69 Å². The van der Waals surface area contributed by atoms with Crippen LogP contribution in [-0.2, 0) is 20.3 Å². The number of nitrogens with two attached hydrogens (primary N) is 1. The van der Waals surface area contributed by atoms with E-state index in [9.17, 15) is 9.36 Å². The van der Waals surface area contributed by atoms with E-state index in [-0.39, 0.29) is 0 Å². The van der Waals surface area contributed by atoms with Gasteiger partial charge in [0.15, 0.2) is 0 Å². The standard InChI is InChI=1S/C18H23N2O5P/c1-3-13-4-6-14(7-5-13)15-8-10-16(11-9-15)20-17(21)18(2,19)12-25-26(22,23)24/h4-11H,3,12,19H2,1-2H3,(H,20,21)(H2,22,23,24)/t18-/m0/s1. The van der Waals surface area contributed by atoms with Crippen LogP contribution in [0.2, 0.25) is 0 Å². The van der Waals surface area contributed by atoms with E-state index in [0.29, 0.717) is 5.69 Å². The number of carbonyl (C=O) groups is 1. The molecule has 0 radical (unpaired) electrons. The van der Waals surface area contributed by atoms with E-state index in [1.54, 1.807) is 12.1 Å². The molecule has 2 rings (SSSR count). The van der Waals surface area contributed by atoms with Gasteiger partial charge < -0.3 is 20.8 Å². The Morgan fingerprint density at radius 1 is 1.12 bits per heavy atom. The highest BCUT2D eigenvalue weighted by Crippen LogP contribution is 2.36. The molecule has 140 valence electrons. The maximum Gasteiger partial charge on any atom is 0.469 e. The predicted molar refractivity (Wildman–Crippen MR) is 100 cm³/mol. The van der Waals surface area contributed by atoms with Gasteiger partial charge in [-0.3, -0.25) is 9.32 Å². The Morgan fingerprint density at radius 2 is 1.62 bits per heavy atom. The SMILES string of the molecule is CCc1ccc(-c2ccc(NC(=O)[C@@](C)(N)COP(=O)(O)O)cc2)cc1. The van der Waals surface area contributed by atoms with Gasteiger partial charge in [0.1, 0.15) is 5.54 Å². The van der Waals surface area contributed by atoms with Crippen LogP contribution in [0.1, 0.15) is 19.4 Å². The fourth-order valence-corrected chi connectivity index (χ4v) is 2.67. The minimum absolute atomic E-state index is 0.525. The number of phosphoric ester groups is 1. The number of nitrogens with one attached hydrogen (secondary N) is 1. The van der Waals surface area contributed by atoms with E-state index in [1.165, 1.54) is 12.5 Å². The van der Waals surface area contributed by atoms with Crippen molar-refractivity contribution in [1.29, 1.82) is 0 Å². The molecule has 0 saturated heterocycles. The Labute approximate surface area is 152 Å². The number of anilines is 1. The molecule has 2 aromatic rings. The van der Waals surface area contributed by atoms with Crippen LogP contribution in [0.25, 0.3) is 11.1 Å². The van der Waals surface area contributed by atoms with Crippen LogP contribution in [0.5, 0.6) is 0 Å². The van der Waals surface area contributed by atoms with E-state index in [0.717, 1.165) is 17.5 Å². The van der Waals surface area contributed by atoms with Crippen molar-refractivity contribution in [3.8, 4) is 11.1 Å². The normalized spacial score (nSPS) is 13.9. The van der Waals surface area contributed by atoms with E-state index >= 15 is 0 Å². The van der Waals surface area contributed by atoms with Crippen LogP contribution in [0.15, 0.2) is 48.5 Å². The number of carbonyl (C=O) groups excluding carboxylic acids is 1. The average Bonchev–Trinajstić information content (AvgIpc) is 2.60. The number of hydrogen-bond donors (Lipinski definition) is 4. The second-order valence-electron chi connectivity index (χ2n) is 6.26. The second kappa shape index (κ2) is 8.12. The molecule has 0 aliphatic heterocycles. The molecule has 2 aromatic carbocycles. The summed E-state index contributed by atoms with van der Waals surface area (Å²) in [6.07, 6.45) is 0.981. The van der Waals surface area contributed by atoms with Crippen molar-refractivity contribution < 1.29 is 23.7 Å². The number of benzene rings is 2. The molecule has 7 nitrogen and oxygen atoms in total. The lowest BCUT2D eigenvalue weighted by Gasteiger charge is -2.23. The first-order valence-electron chi connectivity index (χ1n) is 8.10. The van der Waals surface area contributed by atoms with E-state index in [1.807, 2.05) is 24.3 Å². The molecule has 0 aliphatic carbocycles. The minimum Gasteiger partial charge on any atom is -0.324 e. The lowest BCUT2D eigenvalue weighted by molar-refractivity contribution is -0.121. The third kappa shape index (κ3) is 5.76. The van der Waals surface area contributed by atoms with Gasteiger partial charge in [0.05, 0.1) is 6.61 Å². The molecular formula is C18H23N2O5P. The first kappa shape index (κ1) is 20.3. The summed E-state index contributed by atoms with van der Waals surface area (Å²) in [4.78, 5) is 29.7. The molecule has 0 unspecified atom stereocenters. The fraction of sp³-hybridized carbons (Fsp3) is 0.278. The first-order valence-corrected chi connectivity index (χ1v) is 9.63. The van der Waals surface area contributed by atoms with Crippen molar-refractivity contribution in [2.75, 3.05) is 11.9 Å². The van der Waals surface area contributed by atoms with Crippen molar-refractivity contribution in [2.24, 2.45) is 5.73 Å². The number of amides is 1. The van der Waals surface area contributed by atoms with Crippen LogP contribution in [0.3, 0.4) is 0 Å². The van der Waals surface area contributed by atoms with E-state index in [2.05, 4.69) is 28.9 Å². The molecule has 26 heavy (non-hydrogen) atoms. The Bertz CT molecular complexity index is 797. The van der Waals surface area contributed by atoms with Gasteiger partial charge in [0.25, 0.3) is 0 Å². The fourth-order valence-electron chi connectivity index (χ4n) is 2.24. The third-order valence-electron chi connectivity index (χ3n) is 3.89. The molecular weight excluding hydrogens is 355 g/mol. The highest BCUT2D eigenvalue weighted by molar-refractivity contribution is 7.46. The zero-order chi connectivity index (χ0) is 19.4. The largest absolute Gasteiger partial charge is 0.469 e. The number of rotatable bonds is 7. The molecule has 0 saturated carbocycles. The number of hydrogen-bond acceptors (Lipinski definition) is 4. The van der Waals surface area contributed by atoms with Crippen molar-refractivity contribution in [3.63, 3.8) is 0 Å². The maximum atomic E-state index is 12.2. The van der Waals surface area contributed by atoms with E-state index in [4.69, 9.17) is 15.5 Å². The number of aryl methyl sites for hydroxylation is 1. The van der Waals surface area contributed by atoms with Crippen LogP contribution in [0, 0.1) is 0 Å². The van der Waals surface area contributed by atoms with Crippen LogP contribution in [-0.4, -0.2) is 27.8 Å². The van der Waals surface area contributed by atoms with Crippen molar-refractivity contribution >= 4 is 19.4 Å². The summed E-state index contributed by atoms with van der Waals surface area (Å²) in [5.74, 6) is -0.606. The molecule has 5 N–H and O–H groups in total. The highest BCUT2D eigenvalue weighted by Gasteiger charge is 2.32. The zero-order valence-electron chi connectivity index (χ0n) is 14.7. The molecule has 0 spiro atoms. The quantitative estimate of drug-likeness (QED) is 0.550. The van der Waals surface area contributed by atoms with Gasteiger partial charge in [-0.2, -0.15) is 0 Å². The predicted octanol–water partition coefficient (Wildman–Crippen LogP) is 2.68. The Hall–Kier alpha value is -2.02. The molecule has 0 bridgehead atoms. The zero-order valence-corrected chi connectivity index (χ0v) is 15.6. The molecule has 0 aromatic heterocycles. The smallest absolute Gasteiger partial charge is 0.324 e. The van der Waals surface area contributed by atoms with Crippen molar-refractivity contribution in [3.05, 3.63) is 54.1 Å². The summed E-state index contributed by atoms with van der Waals surface area (Å²) in [5, 5.41) is 2.62. The summed E-state index contributed by atoms with van der Waals surface area (Å²) >= 11 is 0. The lowest BCUT2D eigenvalue weighted by atomic mass is 10.0. The Balaban J connectivity index is 2.03. The summed E-state index contributed by atoms with van der Waals surface area (Å²) in [6.45, 7) is 2.83. The molecule has 0 fully saturated rings. The van der Waals surface area contributed by atoms with Crippen LogP contribution >= 0.6 is 7.82 Å². The van der Waals surface area contributed by atoms with Gasteiger partial charge in [0.2, 0.25) is 5.91 Å².